The first-order chi connectivity index (χ1) is 17.3. The Hall–Kier alpha value is -3.57. The van der Waals surface area contributed by atoms with Crippen LogP contribution in [0.3, 0.4) is 0 Å². The first kappa shape index (κ1) is 24.1. The Labute approximate surface area is 236 Å². The molecule has 6 aromatic rings. The van der Waals surface area contributed by atoms with E-state index in [1.54, 1.807) is 0 Å². The molecule has 0 saturated heterocycles. The summed E-state index contributed by atoms with van der Waals surface area (Å²) in [6.07, 6.45) is 0. The Morgan fingerprint density at radius 1 is 0.444 bits per heavy atom. The third-order valence-corrected chi connectivity index (χ3v) is 6.21. The van der Waals surface area contributed by atoms with Gasteiger partial charge in [0.2, 0.25) is 0 Å². The second kappa shape index (κ2) is 11.0. The molecule has 0 aliphatic carbocycles. The SMILES string of the molecule is [U+2].[c-]1ccccc1-c1[c-]c(-c2ccc(-c3ccccc3)cc2)cc(Nc2ccc3ccccc3c2)c1. The molecule has 0 aromatic heterocycles. The number of benzene rings is 6. The van der Waals surface area contributed by atoms with Crippen molar-refractivity contribution in [3.05, 3.63) is 146 Å². The summed E-state index contributed by atoms with van der Waals surface area (Å²) in [5, 5.41) is 6.07. The molecule has 0 atom stereocenters. The normalized spacial score (nSPS) is 10.6. The molecule has 36 heavy (non-hydrogen) atoms. The van der Waals surface area contributed by atoms with Gasteiger partial charge in [0, 0.05) is 5.69 Å². The minimum absolute atomic E-state index is 0. The largest absolute Gasteiger partial charge is 2.00 e. The second-order valence-corrected chi connectivity index (χ2v) is 8.60. The summed E-state index contributed by atoms with van der Waals surface area (Å²) < 4.78 is 0. The van der Waals surface area contributed by atoms with E-state index in [1.807, 2.05) is 24.3 Å². The Balaban J connectivity index is 0.00000267. The van der Waals surface area contributed by atoms with Crippen molar-refractivity contribution >= 4 is 22.1 Å². The van der Waals surface area contributed by atoms with Crippen LogP contribution in [0.1, 0.15) is 0 Å². The van der Waals surface area contributed by atoms with Crippen molar-refractivity contribution < 1.29 is 31.1 Å². The van der Waals surface area contributed by atoms with Crippen molar-refractivity contribution in [3.8, 4) is 33.4 Å². The summed E-state index contributed by atoms with van der Waals surface area (Å²) in [5.41, 5.74) is 8.71. The van der Waals surface area contributed by atoms with E-state index in [2.05, 4.69) is 127 Å². The number of hydrogen-bond acceptors (Lipinski definition) is 1. The van der Waals surface area contributed by atoms with Crippen molar-refractivity contribution in [1.82, 2.24) is 0 Å². The van der Waals surface area contributed by atoms with Gasteiger partial charge in [-0.15, -0.1) is 23.8 Å². The number of hydrogen-bond donors (Lipinski definition) is 1. The van der Waals surface area contributed by atoms with E-state index >= 15 is 0 Å². The van der Waals surface area contributed by atoms with Crippen LogP contribution in [-0.4, -0.2) is 0 Å². The first-order valence-electron chi connectivity index (χ1n) is 11.8. The van der Waals surface area contributed by atoms with Crippen LogP contribution in [0.4, 0.5) is 11.4 Å². The zero-order valence-electron chi connectivity index (χ0n) is 19.7. The van der Waals surface area contributed by atoms with Gasteiger partial charge in [0.25, 0.3) is 0 Å². The van der Waals surface area contributed by atoms with Gasteiger partial charge < -0.3 is 5.32 Å². The fourth-order valence-electron chi connectivity index (χ4n) is 4.41. The first-order valence-corrected chi connectivity index (χ1v) is 11.8. The van der Waals surface area contributed by atoms with Crippen molar-refractivity contribution in [2.45, 2.75) is 0 Å². The summed E-state index contributed by atoms with van der Waals surface area (Å²) in [7, 11) is 0. The summed E-state index contributed by atoms with van der Waals surface area (Å²) in [5.74, 6) is 0. The molecule has 168 valence electrons. The molecule has 0 aliphatic heterocycles. The van der Waals surface area contributed by atoms with Crippen LogP contribution in [0.2, 0.25) is 0 Å². The van der Waals surface area contributed by atoms with E-state index in [4.69, 9.17) is 0 Å². The van der Waals surface area contributed by atoms with Gasteiger partial charge in [0.15, 0.2) is 0 Å². The maximum atomic E-state index is 3.62. The quantitative estimate of drug-likeness (QED) is 0.179. The molecule has 1 N–H and O–H groups in total. The molecule has 0 radical (unpaired) electrons. The summed E-state index contributed by atoms with van der Waals surface area (Å²) in [6, 6.07) is 53.4. The summed E-state index contributed by atoms with van der Waals surface area (Å²) in [4.78, 5) is 0. The Kier molecular flexibility index (Phi) is 7.38. The molecule has 6 aromatic carbocycles. The number of fused-ring (bicyclic) bond motifs is 1. The number of anilines is 2. The summed E-state index contributed by atoms with van der Waals surface area (Å²) >= 11 is 0. The Bertz CT molecular complexity index is 1590. The fraction of sp³-hybridized carbons (Fsp3) is 0. The van der Waals surface area contributed by atoms with Gasteiger partial charge in [-0.3, -0.25) is 0 Å². The fourth-order valence-corrected chi connectivity index (χ4v) is 4.41. The molecule has 0 spiro atoms. The Morgan fingerprint density at radius 2 is 1.11 bits per heavy atom. The predicted molar refractivity (Wildman–Crippen MR) is 148 cm³/mol. The molecule has 0 fully saturated rings. The van der Waals surface area contributed by atoms with E-state index in [0.29, 0.717) is 0 Å². The maximum Gasteiger partial charge on any atom is 2.00 e. The third kappa shape index (κ3) is 5.31. The molecule has 0 aliphatic rings. The summed E-state index contributed by atoms with van der Waals surface area (Å²) in [6.45, 7) is 0. The second-order valence-electron chi connectivity index (χ2n) is 8.60. The van der Waals surface area contributed by atoms with Crippen LogP contribution in [0.25, 0.3) is 44.2 Å². The number of rotatable bonds is 5. The third-order valence-electron chi connectivity index (χ3n) is 6.21. The van der Waals surface area contributed by atoms with E-state index in [-0.39, 0.29) is 31.1 Å². The van der Waals surface area contributed by atoms with Crippen molar-refractivity contribution in [2.75, 3.05) is 5.32 Å². The zero-order valence-corrected chi connectivity index (χ0v) is 23.9. The molecular weight excluding hydrogens is 660 g/mol. The van der Waals surface area contributed by atoms with Crippen LogP contribution >= 0.6 is 0 Å². The molecule has 0 heterocycles. The molecule has 1 nitrogen and oxygen atoms in total. The van der Waals surface area contributed by atoms with Crippen LogP contribution in [-0.2, 0) is 0 Å². The minimum atomic E-state index is 0. The molecule has 2 heteroatoms. The number of nitrogens with one attached hydrogen (secondary N) is 1. The molecular formula is C34H23NU. The molecule has 0 saturated carbocycles. The van der Waals surface area contributed by atoms with E-state index in [0.717, 1.165) is 33.6 Å². The van der Waals surface area contributed by atoms with Gasteiger partial charge in [-0.1, -0.05) is 90.5 Å². The predicted octanol–water partition coefficient (Wildman–Crippen LogP) is 9.18. The van der Waals surface area contributed by atoms with Gasteiger partial charge in [-0.05, 0) is 39.7 Å². The van der Waals surface area contributed by atoms with Crippen molar-refractivity contribution in [2.24, 2.45) is 0 Å². The van der Waals surface area contributed by atoms with Crippen LogP contribution < -0.4 is 5.32 Å². The van der Waals surface area contributed by atoms with E-state index in [9.17, 15) is 0 Å². The zero-order chi connectivity index (χ0) is 23.5. The molecule has 0 unspecified atom stereocenters. The Morgan fingerprint density at radius 3 is 1.89 bits per heavy atom. The van der Waals surface area contributed by atoms with Gasteiger partial charge in [-0.2, -0.15) is 35.9 Å². The van der Waals surface area contributed by atoms with Gasteiger partial charge in [0.05, 0.1) is 0 Å². The van der Waals surface area contributed by atoms with E-state index < -0.39 is 0 Å². The average Bonchev–Trinajstić information content (AvgIpc) is 2.94. The molecule has 6 rings (SSSR count). The van der Waals surface area contributed by atoms with Gasteiger partial charge >= 0.3 is 31.1 Å². The van der Waals surface area contributed by atoms with Gasteiger partial charge in [-0.25, -0.2) is 5.56 Å². The van der Waals surface area contributed by atoms with Crippen molar-refractivity contribution in [3.63, 3.8) is 0 Å². The molecule has 0 amide bonds. The van der Waals surface area contributed by atoms with Gasteiger partial charge in [0.1, 0.15) is 0 Å². The van der Waals surface area contributed by atoms with Crippen LogP contribution in [0.5, 0.6) is 0 Å². The maximum absolute atomic E-state index is 3.62. The standard InChI is InChI=1S/C34H23N.U/c1-3-9-25(10-4-1)28-15-17-29(18-16-28)32-21-31(26-11-5-2-6-12-26)23-34(24-32)35-33-20-19-27-13-7-8-14-30(27)22-33;/h1-11,13-20,22-24,35H;/q-2;+2. The molecule has 0 bridgehead atoms. The topological polar surface area (TPSA) is 12.0 Å². The van der Waals surface area contributed by atoms with E-state index in [1.165, 1.54) is 21.9 Å². The smallest absolute Gasteiger partial charge is 0.370 e. The average molecular weight is 684 g/mol. The minimum Gasteiger partial charge on any atom is -0.370 e. The van der Waals surface area contributed by atoms with Crippen molar-refractivity contribution in [1.29, 1.82) is 0 Å². The van der Waals surface area contributed by atoms with Crippen LogP contribution in [0.15, 0.2) is 133 Å². The monoisotopic (exact) mass is 683 g/mol. The van der Waals surface area contributed by atoms with Crippen LogP contribution in [0, 0.1) is 43.2 Å².